The van der Waals surface area contributed by atoms with Crippen molar-refractivity contribution in [1.82, 2.24) is 20.4 Å². The van der Waals surface area contributed by atoms with Gasteiger partial charge in [0.15, 0.2) is 0 Å². The van der Waals surface area contributed by atoms with Gasteiger partial charge in [0.25, 0.3) is 0 Å². The summed E-state index contributed by atoms with van der Waals surface area (Å²) in [5.41, 5.74) is -1.97. The summed E-state index contributed by atoms with van der Waals surface area (Å²) in [5, 5.41) is 6.74. The van der Waals surface area contributed by atoms with Crippen LogP contribution < -0.4 is 10.6 Å². The van der Waals surface area contributed by atoms with Crippen molar-refractivity contribution in [3.8, 4) is 0 Å². The summed E-state index contributed by atoms with van der Waals surface area (Å²) in [6, 6.07) is 0. The predicted molar refractivity (Wildman–Crippen MR) is 182 cm³/mol. The summed E-state index contributed by atoms with van der Waals surface area (Å²) >= 11 is 0. The molecule has 0 aromatic carbocycles. The molecule has 2 unspecified atom stereocenters. The fourth-order valence-electron chi connectivity index (χ4n) is 4.92. The molecule has 2 heterocycles. The van der Waals surface area contributed by atoms with Crippen molar-refractivity contribution < 1.29 is 74.1 Å². The zero-order chi connectivity index (χ0) is 42.3. The topological polar surface area (TPSA) is 170 Å². The summed E-state index contributed by atoms with van der Waals surface area (Å²) in [6.07, 6.45) is -10.6. The van der Waals surface area contributed by atoms with Crippen molar-refractivity contribution in [1.29, 1.82) is 0 Å². The number of ketones is 2. The van der Waals surface area contributed by atoms with Crippen molar-refractivity contribution in [2.24, 2.45) is 0 Å². The molecule has 0 aromatic rings. The van der Waals surface area contributed by atoms with Crippen LogP contribution in [0.25, 0.3) is 0 Å². The Kier molecular flexibility index (Phi) is 19.4. The molecule has 20 heteroatoms. The number of piperazine rings is 2. The smallest absolute Gasteiger partial charge is 0.458 e. The van der Waals surface area contributed by atoms with E-state index in [0.717, 1.165) is 26.1 Å². The summed E-state index contributed by atoms with van der Waals surface area (Å²) in [5.74, 6) is -7.24. The van der Waals surface area contributed by atoms with Gasteiger partial charge in [0.05, 0.1) is 18.8 Å². The van der Waals surface area contributed by atoms with Crippen LogP contribution in [0.3, 0.4) is 0 Å². The van der Waals surface area contributed by atoms with E-state index in [0.29, 0.717) is 39.1 Å². The Bertz CT molecular complexity index is 1250. The third-order valence-corrected chi connectivity index (χ3v) is 7.49. The molecule has 0 radical (unpaired) electrons. The number of halogens is 6. The average molecular weight is 795 g/mol. The van der Waals surface area contributed by atoms with Crippen LogP contribution in [-0.2, 0) is 38.1 Å². The quantitative estimate of drug-likeness (QED) is 0.137. The van der Waals surface area contributed by atoms with Crippen LogP contribution in [0.4, 0.5) is 35.9 Å². The Hall–Kier alpha value is -3.68. The van der Waals surface area contributed by atoms with Crippen LogP contribution in [0.15, 0.2) is 0 Å². The highest BCUT2D eigenvalue weighted by Gasteiger charge is 2.54. The lowest BCUT2D eigenvalue weighted by Gasteiger charge is -2.48. The molecule has 314 valence electrons. The van der Waals surface area contributed by atoms with Gasteiger partial charge in [0, 0.05) is 57.6 Å². The number of carbonyl (C=O) groups excluding carboxylic acids is 6. The number of alkyl halides is 6. The summed E-state index contributed by atoms with van der Waals surface area (Å²) in [7, 11) is 0. The molecule has 0 spiro atoms. The number of esters is 2. The van der Waals surface area contributed by atoms with Gasteiger partial charge in [-0.05, 0) is 82.1 Å². The van der Waals surface area contributed by atoms with Gasteiger partial charge < -0.3 is 34.5 Å². The molecule has 2 saturated heterocycles. The first-order chi connectivity index (χ1) is 24.4. The second-order valence-electron chi connectivity index (χ2n) is 15.0. The minimum atomic E-state index is -5.77. The highest BCUT2D eigenvalue weighted by atomic mass is 19.4. The number of hydrogen-bond donors (Lipinski definition) is 2. The minimum Gasteiger partial charge on any atom is -0.466 e. The zero-order valence-corrected chi connectivity index (χ0v) is 32.7. The molecule has 2 atom stereocenters. The van der Waals surface area contributed by atoms with E-state index in [-0.39, 0.29) is 30.4 Å². The lowest BCUT2D eigenvalue weighted by atomic mass is 9.91. The predicted octanol–water partition coefficient (Wildman–Crippen LogP) is 5.11. The van der Waals surface area contributed by atoms with E-state index in [4.69, 9.17) is 18.9 Å². The fraction of sp³-hybridized carbons (Fsp3) is 0.824. The van der Waals surface area contributed by atoms with Gasteiger partial charge in [-0.15, -0.1) is 0 Å². The minimum absolute atomic E-state index is 0.0466. The molecular formula is C34H56F6N4O10. The molecule has 2 aliphatic rings. The molecular weight excluding hydrogens is 738 g/mol. The van der Waals surface area contributed by atoms with E-state index < -0.39 is 52.8 Å². The number of ether oxygens (including phenoxy) is 4. The van der Waals surface area contributed by atoms with Crippen LogP contribution in [0.1, 0.15) is 94.9 Å². The molecule has 2 amide bonds. The standard InChI is InChI=1S/C20H36N2O6.C10H20N2O2.C4F6O2/c1-9-26-15(23)10-11-20(8)14-21(16(24)27-18(2,3)4)12-13-22(20)17(25)28-19(5,6)7;1-3-14-9(13)4-5-10(2)8-11-6-7-12-10;5-3(6,7)1(11)2(12)4(8,9)10/h9-14H2,1-8H3;11-12H,3-8H2,1-2H3;. The molecule has 0 bridgehead atoms. The molecule has 0 saturated carbocycles. The molecule has 2 aliphatic heterocycles. The van der Waals surface area contributed by atoms with E-state index in [2.05, 4.69) is 17.6 Å². The number of nitrogens with zero attached hydrogens (tertiary/aromatic N) is 2. The Balaban J connectivity index is 0.000000895. The third-order valence-electron chi connectivity index (χ3n) is 7.49. The summed E-state index contributed by atoms with van der Waals surface area (Å²) in [4.78, 5) is 70.7. The van der Waals surface area contributed by atoms with Gasteiger partial charge in [0.2, 0.25) is 0 Å². The molecule has 2 rings (SSSR count). The van der Waals surface area contributed by atoms with Crippen molar-refractivity contribution in [2.75, 3.05) is 52.5 Å². The highest BCUT2D eigenvalue weighted by molar-refractivity contribution is 6.41. The first-order valence-corrected chi connectivity index (χ1v) is 17.4. The van der Waals surface area contributed by atoms with Gasteiger partial charge in [-0.3, -0.25) is 24.1 Å². The number of rotatable bonds is 9. The Morgan fingerprint density at radius 3 is 1.50 bits per heavy atom. The van der Waals surface area contributed by atoms with Gasteiger partial charge in [-0.2, -0.15) is 26.3 Å². The molecule has 14 nitrogen and oxygen atoms in total. The zero-order valence-electron chi connectivity index (χ0n) is 32.7. The van der Waals surface area contributed by atoms with Crippen LogP contribution in [0.5, 0.6) is 0 Å². The number of Topliss-reactive ketones (excluding diaryl/α,β-unsaturated/α-hetero) is 2. The molecule has 2 N–H and O–H groups in total. The maximum absolute atomic E-state index is 12.8. The average Bonchev–Trinajstić information content (AvgIpc) is 3.01. The summed E-state index contributed by atoms with van der Waals surface area (Å²) in [6.45, 7) is 23.0. The van der Waals surface area contributed by atoms with Crippen molar-refractivity contribution >= 4 is 35.7 Å². The maximum atomic E-state index is 12.8. The Morgan fingerprint density at radius 1 is 0.667 bits per heavy atom. The van der Waals surface area contributed by atoms with Crippen LogP contribution in [-0.4, -0.2) is 133 Å². The van der Waals surface area contributed by atoms with E-state index in [1.54, 1.807) is 37.5 Å². The number of amides is 2. The van der Waals surface area contributed by atoms with Crippen molar-refractivity contribution in [3.63, 3.8) is 0 Å². The second-order valence-corrected chi connectivity index (χ2v) is 15.0. The molecule has 2 fully saturated rings. The van der Waals surface area contributed by atoms with Crippen LogP contribution in [0, 0.1) is 0 Å². The highest BCUT2D eigenvalue weighted by Crippen LogP contribution is 2.30. The first-order valence-electron chi connectivity index (χ1n) is 17.4. The Morgan fingerprint density at radius 2 is 1.11 bits per heavy atom. The van der Waals surface area contributed by atoms with E-state index in [9.17, 15) is 55.1 Å². The maximum Gasteiger partial charge on any atom is 0.458 e. The van der Waals surface area contributed by atoms with E-state index in [1.807, 2.05) is 34.6 Å². The lowest BCUT2D eigenvalue weighted by Crippen LogP contribution is -2.64. The van der Waals surface area contributed by atoms with Crippen molar-refractivity contribution in [3.05, 3.63) is 0 Å². The van der Waals surface area contributed by atoms with Gasteiger partial charge in [-0.1, -0.05) is 0 Å². The van der Waals surface area contributed by atoms with Gasteiger partial charge >= 0.3 is 48.0 Å². The van der Waals surface area contributed by atoms with Gasteiger partial charge in [0.1, 0.15) is 11.2 Å². The number of carbonyl (C=O) groups is 6. The summed E-state index contributed by atoms with van der Waals surface area (Å²) < 4.78 is 87.9. The molecule has 54 heavy (non-hydrogen) atoms. The first kappa shape index (κ1) is 50.3. The normalized spacial score (nSPS) is 20.6. The van der Waals surface area contributed by atoms with Crippen LogP contribution >= 0.6 is 0 Å². The van der Waals surface area contributed by atoms with E-state index in [1.165, 1.54) is 0 Å². The van der Waals surface area contributed by atoms with Crippen molar-refractivity contribution in [2.45, 2.75) is 130 Å². The number of nitrogens with one attached hydrogen (secondary N) is 2. The molecule has 0 aromatic heterocycles. The van der Waals surface area contributed by atoms with Crippen LogP contribution in [0.2, 0.25) is 0 Å². The third kappa shape index (κ3) is 19.6. The monoisotopic (exact) mass is 794 g/mol. The lowest BCUT2D eigenvalue weighted by molar-refractivity contribution is -0.193. The second kappa shape index (κ2) is 20.8. The Labute approximate surface area is 312 Å². The number of hydrogen-bond acceptors (Lipinski definition) is 12. The fourth-order valence-corrected chi connectivity index (χ4v) is 4.92. The molecule has 0 aliphatic carbocycles. The SMILES string of the molecule is CCOC(=O)CCC1(C)CN(C(=O)OC(C)(C)C)CCN1C(=O)OC(C)(C)C.CCOC(=O)CCC1(C)CNCCN1.O=C(C(=O)C(F)(F)F)C(F)(F)F. The van der Waals surface area contributed by atoms with E-state index >= 15 is 0 Å². The largest absolute Gasteiger partial charge is 0.466 e. The van der Waals surface area contributed by atoms with Gasteiger partial charge in [-0.25, -0.2) is 9.59 Å².